The Kier molecular flexibility index (Phi) is 8.07. The van der Waals surface area contributed by atoms with Crippen LogP contribution < -0.4 is 5.32 Å². The molecule has 0 unspecified atom stereocenters. The number of benzene rings is 3. The fourth-order valence-corrected chi connectivity index (χ4v) is 4.21. The van der Waals surface area contributed by atoms with Gasteiger partial charge in [0, 0.05) is 35.0 Å². The van der Waals surface area contributed by atoms with Gasteiger partial charge in [0.25, 0.3) is 11.8 Å². The second kappa shape index (κ2) is 11.2. The minimum Gasteiger partial charge on any atom is -0.339 e. The summed E-state index contributed by atoms with van der Waals surface area (Å²) in [6.45, 7) is 5.22. The molecule has 0 aliphatic heterocycles. The van der Waals surface area contributed by atoms with Gasteiger partial charge in [-0.2, -0.15) is 5.26 Å². The van der Waals surface area contributed by atoms with Gasteiger partial charge in [0.15, 0.2) is 0 Å². The van der Waals surface area contributed by atoms with Crippen molar-refractivity contribution < 1.29 is 9.59 Å². The Bertz CT molecular complexity index is 1120. The minimum atomic E-state index is -0.198. The fraction of sp³-hybridized carbons (Fsp3) is 0.192. The second-order valence-electron chi connectivity index (χ2n) is 7.10. The minimum absolute atomic E-state index is 0.0163. The Morgan fingerprint density at radius 1 is 0.938 bits per heavy atom. The summed E-state index contributed by atoms with van der Waals surface area (Å²) in [4.78, 5) is 28.0. The molecule has 3 aromatic carbocycles. The molecule has 3 aromatic rings. The summed E-state index contributed by atoms with van der Waals surface area (Å²) in [5.41, 5.74) is 3.54. The zero-order valence-electron chi connectivity index (χ0n) is 18.2. The average molecular weight is 444 g/mol. The lowest BCUT2D eigenvalue weighted by molar-refractivity contribution is 0.0773. The van der Waals surface area contributed by atoms with Crippen molar-refractivity contribution in [1.29, 1.82) is 5.26 Å². The van der Waals surface area contributed by atoms with Crippen LogP contribution in [0.2, 0.25) is 0 Å². The molecule has 0 aromatic heterocycles. The summed E-state index contributed by atoms with van der Waals surface area (Å²) >= 11 is 1.57. The lowest BCUT2D eigenvalue weighted by Crippen LogP contribution is -2.30. The molecule has 0 radical (unpaired) electrons. The lowest BCUT2D eigenvalue weighted by Gasteiger charge is -2.18. The van der Waals surface area contributed by atoms with Gasteiger partial charge in [0.1, 0.15) is 0 Å². The molecule has 1 N–H and O–H groups in total. The number of hydrogen-bond donors (Lipinski definition) is 1. The van der Waals surface area contributed by atoms with E-state index in [4.69, 9.17) is 5.26 Å². The van der Waals surface area contributed by atoms with Gasteiger partial charge < -0.3 is 10.2 Å². The molecule has 5 nitrogen and oxygen atoms in total. The third kappa shape index (κ3) is 5.77. The topological polar surface area (TPSA) is 73.2 Å². The first-order valence-electron chi connectivity index (χ1n) is 10.5. The first-order chi connectivity index (χ1) is 15.5. The zero-order valence-corrected chi connectivity index (χ0v) is 19.0. The van der Waals surface area contributed by atoms with Gasteiger partial charge in [-0.1, -0.05) is 24.3 Å². The Morgan fingerprint density at radius 2 is 1.59 bits per heavy atom. The van der Waals surface area contributed by atoms with Gasteiger partial charge in [0.05, 0.1) is 17.2 Å². The molecule has 0 saturated heterocycles. The highest BCUT2D eigenvalue weighted by Gasteiger charge is 2.14. The summed E-state index contributed by atoms with van der Waals surface area (Å²) in [5, 5.41) is 11.8. The molecule has 0 atom stereocenters. The fourth-order valence-electron chi connectivity index (χ4n) is 3.20. The predicted octanol–water partition coefficient (Wildman–Crippen LogP) is 5.58. The first kappa shape index (κ1) is 23.1. The van der Waals surface area contributed by atoms with E-state index in [1.165, 1.54) is 0 Å². The van der Waals surface area contributed by atoms with Crippen LogP contribution in [0.1, 0.15) is 45.7 Å². The van der Waals surface area contributed by atoms with E-state index in [0.29, 0.717) is 41.2 Å². The van der Waals surface area contributed by atoms with Gasteiger partial charge in [-0.3, -0.25) is 9.59 Å². The van der Waals surface area contributed by atoms with Crippen molar-refractivity contribution in [2.75, 3.05) is 18.4 Å². The van der Waals surface area contributed by atoms with Crippen molar-refractivity contribution in [1.82, 2.24) is 4.90 Å². The molecule has 2 amide bonds. The quantitative estimate of drug-likeness (QED) is 0.461. The number of nitriles is 1. The molecule has 0 saturated carbocycles. The van der Waals surface area contributed by atoms with E-state index >= 15 is 0 Å². The van der Waals surface area contributed by atoms with Crippen LogP contribution >= 0.6 is 11.8 Å². The molecular formula is C26H25N3O2S. The average Bonchev–Trinajstić information content (AvgIpc) is 2.84. The maximum Gasteiger partial charge on any atom is 0.256 e. The molecule has 32 heavy (non-hydrogen) atoms. The number of carbonyl (C=O) groups excluding carboxylic acids is 2. The maximum absolute atomic E-state index is 12.9. The van der Waals surface area contributed by atoms with Gasteiger partial charge in [-0.15, -0.1) is 11.8 Å². The Labute approximate surface area is 193 Å². The Morgan fingerprint density at radius 3 is 2.22 bits per heavy atom. The van der Waals surface area contributed by atoms with Crippen molar-refractivity contribution in [3.8, 4) is 6.07 Å². The Hall–Kier alpha value is -3.56. The SMILES string of the molecule is CCN(CC)C(=O)c1ccc(NC(=O)c2ccccc2SCc2ccc(C#N)cc2)cc1. The smallest absolute Gasteiger partial charge is 0.256 e. The van der Waals surface area contributed by atoms with E-state index in [2.05, 4.69) is 11.4 Å². The van der Waals surface area contributed by atoms with Crippen LogP contribution in [0.3, 0.4) is 0 Å². The molecule has 0 aliphatic rings. The van der Waals surface area contributed by atoms with Crippen LogP contribution in [0.5, 0.6) is 0 Å². The van der Waals surface area contributed by atoms with Crippen LogP contribution in [0.15, 0.2) is 77.7 Å². The third-order valence-corrected chi connectivity index (χ3v) is 6.19. The highest BCUT2D eigenvalue weighted by Crippen LogP contribution is 2.27. The van der Waals surface area contributed by atoms with Gasteiger partial charge >= 0.3 is 0 Å². The number of rotatable bonds is 8. The summed E-state index contributed by atoms with van der Waals surface area (Å²) < 4.78 is 0. The monoisotopic (exact) mass is 443 g/mol. The van der Waals surface area contributed by atoms with E-state index in [1.807, 2.05) is 44.2 Å². The Balaban J connectivity index is 1.67. The third-order valence-electron chi connectivity index (χ3n) is 5.05. The van der Waals surface area contributed by atoms with Crippen molar-refractivity contribution in [3.63, 3.8) is 0 Å². The number of anilines is 1. The number of hydrogen-bond acceptors (Lipinski definition) is 4. The number of nitrogens with zero attached hydrogens (tertiary/aromatic N) is 2. The molecule has 0 fully saturated rings. The lowest BCUT2D eigenvalue weighted by atomic mass is 10.1. The number of nitrogens with one attached hydrogen (secondary N) is 1. The van der Waals surface area contributed by atoms with Gasteiger partial charge in [-0.05, 0) is 67.9 Å². The van der Waals surface area contributed by atoms with E-state index in [-0.39, 0.29) is 11.8 Å². The van der Waals surface area contributed by atoms with E-state index in [9.17, 15) is 9.59 Å². The molecule has 0 spiro atoms. The predicted molar refractivity (Wildman–Crippen MR) is 129 cm³/mol. The summed E-state index contributed by atoms with van der Waals surface area (Å²) in [7, 11) is 0. The molecule has 3 rings (SSSR count). The van der Waals surface area contributed by atoms with Crippen LogP contribution in [0, 0.1) is 11.3 Å². The molecule has 0 bridgehead atoms. The van der Waals surface area contributed by atoms with Gasteiger partial charge in [0.2, 0.25) is 0 Å². The van der Waals surface area contributed by atoms with Crippen molar-refractivity contribution >= 4 is 29.3 Å². The molecule has 0 heterocycles. The maximum atomic E-state index is 12.9. The van der Waals surface area contributed by atoms with E-state index < -0.39 is 0 Å². The number of amides is 2. The first-order valence-corrected chi connectivity index (χ1v) is 11.5. The van der Waals surface area contributed by atoms with Gasteiger partial charge in [-0.25, -0.2) is 0 Å². The number of carbonyl (C=O) groups is 2. The van der Waals surface area contributed by atoms with E-state index in [1.54, 1.807) is 59.1 Å². The standard InChI is InChI=1S/C26H25N3O2S/c1-3-29(4-2)26(31)21-13-15-22(16-14-21)28-25(30)23-7-5-6-8-24(23)32-18-20-11-9-19(17-27)10-12-20/h5-16H,3-4,18H2,1-2H3,(H,28,30). The molecule has 162 valence electrons. The number of thioether (sulfide) groups is 1. The molecule has 6 heteroatoms. The van der Waals surface area contributed by atoms with Crippen molar-refractivity contribution in [2.45, 2.75) is 24.5 Å². The van der Waals surface area contributed by atoms with E-state index in [0.717, 1.165) is 10.5 Å². The second-order valence-corrected chi connectivity index (χ2v) is 8.12. The molecular weight excluding hydrogens is 418 g/mol. The van der Waals surface area contributed by atoms with Crippen LogP contribution in [-0.2, 0) is 5.75 Å². The summed E-state index contributed by atoms with van der Waals surface area (Å²) in [5.74, 6) is 0.478. The normalized spacial score (nSPS) is 10.3. The van der Waals surface area contributed by atoms with Crippen LogP contribution in [0.4, 0.5) is 5.69 Å². The highest BCUT2D eigenvalue weighted by atomic mass is 32.2. The highest BCUT2D eigenvalue weighted by molar-refractivity contribution is 7.98. The van der Waals surface area contributed by atoms with Crippen molar-refractivity contribution in [3.05, 3.63) is 95.1 Å². The molecule has 0 aliphatic carbocycles. The van der Waals surface area contributed by atoms with Crippen LogP contribution in [0.25, 0.3) is 0 Å². The van der Waals surface area contributed by atoms with Crippen molar-refractivity contribution in [2.24, 2.45) is 0 Å². The zero-order chi connectivity index (χ0) is 22.9. The summed E-state index contributed by atoms with van der Waals surface area (Å²) in [6.07, 6.45) is 0. The van der Waals surface area contributed by atoms with Crippen LogP contribution in [-0.4, -0.2) is 29.8 Å². The largest absolute Gasteiger partial charge is 0.339 e. The summed E-state index contributed by atoms with van der Waals surface area (Å²) in [6, 6.07) is 24.0.